The van der Waals surface area contributed by atoms with E-state index >= 15 is 0 Å². The van der Waals surface area contributed by atoms with E-state index < -0.39 is 26.9 Å². The van der Waals surface area contributed by atoms with Gasteiger partial charge >= 0.3 is 0 Å². The number of methoxy groups -OCH3 is 1. The number of amides is 1. The topological polar surface area (TPSA) is 119 Å². The normalized spacial score (nSPS) is 12.1. The van der Waals surface area contributed by atoms with E-state index in [0.717, 1.165) is 16.6 Å². The molecule has 0 aliphatic heterocycles. The number of sulfonamides is 1. The summed E-state index contributed by atoms with van der Waals surface area (Å²) >= 11 is 5.87. The number of rotatable bonds is 8. The molecule has 11 heteroatoms. The molecule has 1 N–H and O–H groups in total. The van der Waals surface area contributed by atoms with Crippen LogP contribution in [0.3, 0.4) is 0 Å². The summed E-state index contributed by atoms with van der Waals surface area (Å²) in [6.07, 6.45) is 1.14. The number of nitrogens with one attached hydrogen (secondary N) is 1. The van der Waals surface area contributed by atoms with Gasteiger partial charge in [0.2, 0.25) is 15.9 Å². The summed E-state index contributed by atoms with van der Waals surface area (Å²) in [6, 6.07) is 8.66. The van der Waals surface area contributed by atoms with Crippen molar-refractivity contribution in [1.82, 2.24) is 0 Å². The van der Waals surface area contributed by atoms with Crippen LogP contribution in [0.5, 0.6) is 5.75 Å². The fraction of sp³-hybridized carbons (Fsp3) is 0.278. The fourth-order valence-corrected chi connectivity index (χ4v) is 4.11. The number of halogens is 1. The maximum Gasteiger partial charge on any atom is 0.271 e. The van der Waals surface area contributed by atoms with Crippen molar-refractivity contribution in [1.29, 1.82) is 0 Å². The number of nitrogens with zero attached hydrogens (tertiary/aromatic N) is 2. The molecular weight excluding hydrogens is 422 g/mol. The number of carbonyl (C=O) groups is 1. The number of hydrogen-bond acceptors (Lipinski definition) is 6. The number of carbonyl (C=O) groups excluding carboxylic acids is 1. The number of benzene rings is 2. The second-order valence-electron chi connectivity index (χ2n) is 6.09. The van der Waals surface area contributed by atoms with Crippen molar-refractivity contribution in [3.05, 3.63) is 57.6 Å². The van der Waals surface area contributed by atoms with Gasteiger partial charge in [-0.3, -0.25) is 19.2 Å². The first-order chi connectivity index (χ1) is 13.6. The van der Waals surface area contributed by atoms with Crippen LogP contribution in [0.1, 0.15) is 13.3 Å². The Morgan fingerprint density at radius 1 is 1.28 bits per heavy atom. The van der Waals surface area contributed by atoms with E-state index in [1.54, 1.807) is 6.92 Å². The van der Waals surface area contributed by atoms with Gasteiger partial charge in [0, 0.05) is 17.2 Å². The Morgan fingerprint density at radius 2 is 1.90 bits per heavy atom. The van der Waals surface area contributed by atoms with Gasteiger partial charge in [0.25, 0.3) is 5.69 Å². The molecule has 0 aliphatic carbocycles. The zero-order valence-electron chi connectivity index (χ0n) is 16.0. The summed E-state index contributed by atoms with van der Waals surface area (Å²) in [5.41, 5.74) is 0.0893. The standard InChI is InChI=1S/C18H20ClN3O6S/c1-4-16(21(29(3,26)27)13-7-5-12(19)6-8-13)18(23)20-15-11-14(22(24)25)9-10-17(15)28-2/h5-11,16H,4H2,1-3H3,(H,20,23)/t16-/m1/s1. The third kappa shape index (κ3) is 5.36. The third-order valence-electron chi connectivity index (χ3n) is 4.06. The molecule has 0 fully saturated rings. The molecule has 0 heterocycles. The Kier molecular flexibility index (Phi) is 7.04. The van der Waals surface area contributed by atoms with Crippen molar-refractivity contribution in [2.24, 2.45) is 0 Å². The third-order valence-corrected chi connectivity index (χ3v) is 5.49. The van der Waals surface area contributed by atoms with Crippen molar-refractivity contribution >= 4 is 44.6 Å². The van der Waals surface area contributed by atoms with E-state index in [1.165, 1.54) is 43.5 Å². The predicted molar refractivity (Wildman–Crippen MR) is 111 cm³/mol. The van der Waals surface area contributed by atoms with Crippen LogP contribution >= 0.6 is 11.6 Å². The lowest BCUT2D eigenvalue weighted by molar-refractivity contribution is -0.384. The predicted octanol–water partition coefficient (Wildman–Crippen LogP) is 3.44. The average molecular weight is 442 g/mol. The zero-order chi connectivity index (χ0) is 21.8. The van der Waals surface area contributed by atoms with E-state index in [0.29, 0.717) is 5.02 Å². The molecule has 0 unspecified atom stereocenters. The SMILES string of the molecule is CC[C@H](C(=O)Nc1cc([N+](=O)[O-])ccc1OC)N(c1ccc(Cl)cc1)S(C)(=O)=O. The van der Waals surface area contributed by atoms with Crippen molar-refractivity contribution in [2.75, 3.05) is 23.0 Å². The second kappa shape index (κ2) is 9.10. The molecule has 2 aromatic rings. The monoisotopic (exact) mass is 441 g/mol. The maximum atomic E-state index is 13.0. The molecular formula is C18H20ClN3O6S. The van der Waals surface area contributed by atoms with Gasteiger partial charge in [-0.1, -0.05) is 18.5 Å². The van der Waals surface area contributed by atoms with Crippen molar-refractivity contribution < 1.29 is 22.9 Å². The van der Waals surface area contributed by atoms with Gasteiger partial charge < -0.3 is 10.1 Å². The minimum Gasteiger partial charge on any atom is -0.495 e. The highest BCUT2D eigenvalue weighted by Crippen LogP contribution is 2.30. The van der Waals surface area contributed by atoms with E-state index in [-0.39, 0.29) is 29.2 Å². The van der Waals surface area contributed by atoms with Crippen LogP contribution in [0, 0.1) is 10.1 Å². The van der Waals surface area contributed by atoms with Gasteiger partial charge in [0.15, 0.2) is 0 Å². The van der Waals surface area contributed by atoms with Crippen LogP contribution in [0.15, 0.2) is 42.5 Å². The minimum atomic E-state index is -3.83. The van der Waals surface area contributed by atoms with Gasteiger partial charge in [-0.2, -0.15) is 0 Å². The van der Waals surface area contributed by atoms with Crippen LogP contribution in [-0.2, 0) is 14.8 Å². The molecule has 0 bridgehead atoms. The number of ether oxygens (including phenoxy) is 1. The number of hydrogen-bond donors (Lipinski definition) is 1. The first kappa shape index (κ1) is 22.4. The maximum absolute atomic E-state index is 13.0. The van der Waals surface area contributed by atoms with Gasteiger partial charge in [0.05, 0.1) is 29.7 Å². The van der Waals surface area contributed by atoms with Gasteiger partial charge in [0.1, 0.15) is 11.8 Å². The summed E-state index contributed by atoms with van der Waals surface area (Å²) in [4.78, 5) is 23.4. The van der Waals surface area contributed by atoms with Crippen LogP contribution in [0.25, 0.3) is 0 Å². The largest absolute Gasteiger partial charge is 0.495 e. The molecule has 2 rings (SSSR count). The van der Waals surface area contributed by atoms with Crippen LogP contribution in [-0.4, -0.2) is 38.7 Å². The molecule has 0 saturated heterocycles. The highest BCUT2D eigenvalue weighted by molar-refractivity contribution is 7.92. The minimum absolute atomic E-state index is 0.0645. The zero-order valence-corrected chi connectivity index (χ0v) is 17.5. The molecule has 156 valence electrons. The van der Waals surface area contributed by atoms with Crippen molar-refractivity contribution in [3.63, 3.8) is 0 Å². The van der Waals surface area contributed by atoms with Gasteiger partial charge in [-0.15, -0.1) is 0 Å². The molecule has 0 aliphatic rings. The number of nitro benzene ring substituents is 1. The van der Waals surface area contributed by atoms with E-state index in [9.17, 15) is 23.3 Å². The van der Waals surface area contributed by atoms with Crippen molar-refractivity contribution in [3.8, 4) is 5.75 Å². The van der Waals surface area contributed by atoms with Crippen LogP contribution in [0.2, 0.25) is 5.02 Å². The van der Waals surface area contributed by atoms with E-state index in [4.69, 9.17) is 16.3 Å². The summed E-state index contributed by atoms with van der Waals surface area (Å²) in [5.74, 6) is -0.456. The second-order valence-corrected chi connectivity index (χ2v) is 8.39. The summed E-state index contributed by atoms with van der Waals surface area (Å²) in [6.45, 7) is 1.66. The Bertz CT molecular complexity index is 1010. The molecule has 0 aromatic heterocycles. The summed E-state index contributed by atoms with van der Waals surface area (Å²) in [7, 11) is -2.47. The fourth-order valence-electron chi connectivity index (χ4n) is 2.77. The quantitative estimate of drug-likeness (QED) is 0.495. The molecule has 1 atom stereocenters. The molecule has 1 amide bonds. The van der Waals surface area contributed by atoms with Crippen LogP contribution < -0.4 is 14.4 Å². The summed E-state index contributed by atoms with van der Waals surface area (Å²) in [5, 5.41) is 14.0. The molecule has 29 heavy (non-hydrogen) atoms. The Balaban J connectivity index is 2.44. The first-order valence-electron chi connectivity index (χ1n) is 8.46. The molecule has 0 radical (unpaired) electrons. The molecule has 9 nitrogen and oxygen atoms in total. The number of nitro groups is 1. The lowest BCUT2D eigenvalue weighted by Gasteiger charge is -2.30. The van der Waals surface area contributed by atoms with Crippen molar-refractivity contribution in [2.45, 2.75) is 19.4 Å². The number of non-ortho nitro benzene ring substituents is 1. The smallest absolute Gasteiger partial charge is 0.271 e. The molecule has 0 spiro atoms. The van der Waals surface area contributed by atoms with E-state index in [2.05, 4.69) is 5.32 Å². The first-order valence-corrected chi connectivity index (χ1v) is 10.7. The lowest BCUT2D eigenvalue weighted by Crippen LogP contribution is -2.47. The summed E-state index contributed by atoms with van der Waals surface area (Å²) < 4.78 is 31.0. The highest BCUT2D eigenvalue weighted by atomic mass is 35.5. The average Bonchev–Trinajstić information content (AvgIpc) is 2.65. The van der Waals surface area contributed by atoms with Crippen LogP contribution in [0.4, 0.5) is 17.1 Å². The Morgan fingerprint density at radius 3 is 2.38 bits per heavy atom. The highest BCUT2D eigenvalue weighted by Gasteiger charge is 2.32. The molecule has 0 saturated carbocycles. The Labute approximate surface area is 173 Å². The van der Waals surface area contributed by atoms with Gasteiger partial charge in [-0.25, -0.2) is 8.42 Å². The van der Waals surface area contributed by atoms with E-state index in [1.807, 2.05) is 0 Å². The molecule has 2 aromatic carbocycles. The van der Waals surface area contributed by atoms with Gasteiger partial charge in [-0.05, 0) is 36.8 Å². The Hall–Kier alpha value is -2.85. The number of anilines is 2. The lowest BCUT2D eigenvalue weighted by atomic mass is 10.1.